The lowest BCUT2D eigenvalue weighted by molar-refractivity contribution is -0.131. The van der Waals surface area contributed by atoms with Crippen LogP contribution in [0.5, 0.6) is 17.2 Å². The Bertz CT molecular complexity index is 1390. The first-order chi connectivity index (χ1) is 23.2. The van der Waals surface area contributed by atoms with Gasteiger partial charge in [-0.25, -0.2) is 4.39 Å². The molecule has 48 heavy (non-hydrogen) atoms. The van der Waals surface area contributed by atoms with Crippen LogP contribution in [0.4, 0.5) is 4.39 Å². The Kier molecular flexibility index (Phi) is 11.2. The molecule has 7 heteroatoms. The lowest BCUT2D eigenvalue weighted by atomic mass is 9.51. The maximum Gasteiger partial charge on any atom is 0.227 e. The fourth-order valence-corrected chi connectivity index (χ4v) is 10.4. The van der Waals surface area contributed by atoms with Crippen molar-refractivity contribution in [2.75, 3.05) is 27.3 Å². The van der Waals surface area contributed by atoms with Crippen LogP contribution < -0.4 is 9.47 Å². The van der Waals surface area contributed by atoms with E-state index < -0.39 is 12.3 Å². The molecule has 0 unspecified atom stereocenters. The summed E-state index contributed by atoms with van der Waals surface area (Å²) in [5.74, 6) is 3.12. The lowest BCUT2D eigenvalue weighted by Gasteiger charge is -2.54. The number of benzene rings is 2. The standard InChI is InChI=1S/C41H58FNO5/c1-41-25-34(42)40-32-16-15-31(44)24-30(32)23-29(39(40)33(41)17-19-37(41)45)13-9-4-5-10-20-43(26-27-11-7-6-8-12-27)38(46)22-28-14-18-35(47-2)36(21-28)48-3/h14-16,18,21,24,27,29,33-34,37,39-40,44-45H,4-13,17,19-20,22-23,25-26H2,1-3H3/t29-,33+,34+,37+,39+,40+,41+/m1/s1. The predicted octanol–water partition coefficient (Wildman–Crippen LogP) is 8.40. The third kappa shape index (κ3) is 7.37. The first kappa shape index (κ1) is 35.0. The molecule has 0 heterocycles. The number of fused-ring (bicyclic) bond motifs is 5. The number of hydrogen-bond donors (Lipinski definition) is 2. The van der Waals surface area contributed by atoms with Gasteiger partial charge < -0.3 is 24.6 Å². The van der Waals surface area contributed by atoms with Crippen molar-refractivity contribution in [1.82, 2.24) is 4.90 Å². The zero-order valence-electron chi connectivity index (χ0n) is 29.5. The highest BCUT2D eigenvalue weighted by Crippen LogP contribution is 2.63. The zero-order chi connectivity index (χ0) is 33.8. The summed E-state index contributed by atoms with van der Waals surface area (Å²) in [6.45, 7) is 3.76. The van der Waals surface area contributed by atoms with E-state index in [0.29, 0.717) is 42.1 Å². The predicted molar refractivity (Wildman–Crippen MR) is 187 cm³/mol. The largest absolute Gasteiger partial charge is 0.508 e. The number of amides is 1. The highest BCUT2D eigenvalue weighted by molar-refractivity contribution is 5.79. The van der Waals surface area contributed by atoms with Crippen LogP contribution in [-0.2, 0) is 17.6 Å². The van der Waals surface area contributed by atoms with E-state index in [1.807, 2.05) is 30.3 Å². The number of carbonyl (C=O) groups is 1. The van der Waals surface area contributed by atoms with Gasteiger partial charge in [0.05, 0.1) is 26.7 Å². The van der Waals surface area contributed by atoms with Crippen molar-refractivity contribution in [1.29, 1.82) is 0 Å². The third-order valence-corrected chi connectivity index (χ3v) is 12.9. The van der Waals surface area contributed by atoms with Gasteiger partial charge in [0.1, 0.15) is 11.9 Å². The average Bonchev–Trinajstić information content (AvgIpc) is 3.38. The van der Waals surface area contributed by atoms with Crippen LogP contribution in [0, 0.1) is 29.1 Å². The van der Waals surface area contributed by atoms with Crippen molar-refractivity contribution in [2.45, 2.75) is 121 Å². The highest BCUT2D eigenvalue weighted by Gasteiger charge is 2.59. The van der Waals surface area contributed by atoms with Gasteiger partial charge in [-0.15, -0.1) is 0 Å². The Morgan fingerprint density at radius 1 is 0.958 bits per heavy atom. The smallest absolute Gasteiger partial charge is 0.227 e. The van der Waals surface area contributed by atoms with Gasteiger partial charge in [0.2, 0.25) is 5.91 Å². The van der Waals surface area contributed by atoms with E-state index in [4.69, 9.17) is 9.47 Å². The summed E-state index contributed by atoms with van der Waals surface area (Å²) in [7, 11) is 3.25. The molecule has 6 rings (SSSR count). The minimum absolute atomic E-state index is 0.146. The molecule has 2 aromatic carbocycles. The number of rotatable bonds is 13. The number of aliphatic hydroxyl groups is 1. The Labute approximate surface area is 287 Å². The van der Waals surface area contributed by atoms with Gasteiger partial charge in [0, 0.05) is 19.0 Å². The van der Waals surface area contributed by atoms with Crippen LogP contribution in [0.25, 0.3) is 0 Å². The Hall–Kier alpha value is -2.80. The average molecular weight is 664 g/mol. The molecule has 0 spiro atoms. The fourth-order valence-electron chi connectivity index (χ4n) is 10.4. The number of nitrogens with zero attached hydrogens (tertiary/aromatic N) is 1. The van der Waals surface area contributed by atoms with E-state index in [2.05, 4.69) is 11.8 Å². The number of unbranched alkanes of at least 4 members (excludes halogenated alkanes) is 3. The SMILES string of the molecule is COc1ccc(CC(=O)N(CCCCCC[C@@H]2Cc3cc(O)ccc3[C@@H]3[C@@H]2[C@@H]2CC[C@H](O)[C@@]2(C)C[C@@H]3F)CC2CCCCC2)cc1OC. The molecule has 2 N–H and O–H groups in total. The van der Waals surface area contributed by atoms with Crippen LogP contribution in [-0.4, -0.2) is 60.6 Å². The molecule has 0 aliphatic heterocycles. The van der Waals surface area contributed by atoms with Crippen molar-refractivity contribution >= 4 is 5.91 Å². The molecule has 0 saturated heterocycles. The highest BCUT2D eigenvalue weighted by atomic mass is 19.1. The Balaban J connectivity index is 1.07. The molecule has 4 aliphatic rings. The monoisotopic (exact) mass is 663 g/mol. The molecule has 0 aromatic heterocycles. The minimum Gasteiger partial charge on any atom is -0.508 e. The molecule has 3 saturated carbocycles. The molecule has 0 bridgehead atoms. The molecule has 1 amide bonds. The maximum atomic E-state index is 16.1. The molecular weight excluding hydrogens is 605 g/mol. The van der Waals surface area contributed by atoms with Gasteiger partial charge in [0.15, 0.2) is 11.5 Å². The number of carbonyl (C=O) groups excluding carboxylic acids is 1. The number of halogens is 1. The first-order valence-electron chi connectivity index (χ1n) is 18.8. The number of phenolic OH excluding ortho intramolecular Hbond substituents is 1. The van der Waals surface area contributed by atoms with Crippen molar-refractivity contribution in [3.05, 3.63) is 53.1 Å². The van der Waals surface area contributed by atoms with Gasteiger partial charge in [-0.2, -0.15) is 0 Å². The van der Waals surface area contributed by atoms with Crippen molar-refractivity contribution in [2.24, 2.45) is 29.1 Å². The maximum absolute atomic E-state index is 16.1. The summed E-state index contributed by atoms with van der Waals surface area (Å²) in [6.07, 6.45) is 13.5. The number of phenols is 1. The van der Waals surface area contributed by atoms with E-state index in [1.165, 1.54) is 32.1 Å². The molecule has 7 atom stereocenters. The van der Waals surface area contributed by atoms with Crippen LogP contribution in [0.2, 0.25) is 0 Å². The summed E-state index contributed by atoms with van der Waals surface area (Å²) in [4.78, 5) is 15.8. The van der Waals surface area contributed by atoms with Crippen molar-refractivity contribution < 1.29 is 28.9 Å². The molecule has 3 fully saturated rings. The van der Waals surface area contributed by atoms with E-state index >= 15 is 4.39 Å². The normalized spacial score (nSPS) is 29.9. The number of methoxy groups -OCH3 is 2. The van der Waals surface area contributed by atoms with Crippen LogP contribution in [0.1, 0.15) is 113 Å². The zero-order valence-corrected chi connectivity index (χ0v) is 29.5. The molecular formula is C41H58FNO5. The van der Waals surface area contributed by atoms with Crippen LogP contribution >= 0.6 is 0 Å². The number of aromatic hydroxyl groups is 1. The molecule has 0 radical (unpaired) electrons. The van der Waals surface area contributed by atoms with Gasteiger partial charge in [0.25, 0.3) is 0 Å². The summed E-state index contributed by atoms with van der Waals surface area (Å²) in [6, 6.07) is 11.3. The number of aliphatic hydroxyl groups excluding tert-OH is 1. The molecule has 264 valence electrons. The van der Waals surface area contributed by atoms with Gasteiger partial charge in [-0.3, -0.25) is 4.79 Å². The Morgan fingerprint density at radius 3 is 2.50 bits per heavy atom. The van der Waals surface area contributed by atoms with Crippen molar-refractivity contribution in [3.8, 4) is 17.2 Å². The van der Waals surface area contributed by atoms with Crippen LogP contribution in [0.15, 0.2) is 36.4 Å². The quantitative estimate of drug-likeness (QED) is 0.211. The minimum atomic E-state index is -0.971. The second kappa shape index (κ2) is 15.4. The second-order valence-electron chi connectivity index (χ2n) is 15.8. The van der Waals surface area contributed by atoms with E-state index in [-0.39, 0.29) is 28.9 Å². The van der Waals surface area contributed by atoms with Crippen LogP contribution in [0.3, 0.4) is 0 Å². The van der Waals surface area contributed by atoms with Crippen molar-refractivity contribution in [3.63, 3.8) is 0 Å². The van der Waals surface area contributed by atoms with Gasteiger partial charge >= 0.3 is 0 Å². The van der Waals surface area contributed by atoms with E-state index in [0.717, 1.165) is 81.1 Å². The van der Waals surface area contributed by atoms with Gasteiger partial charge in [-0.05, 0) is 121 Å². The van der Waals surface area contributed by atoms with E-state index in [9.17, 15) is 15.0 Å². The Morgan fingerprint density at radius 2 is 1.73 bits per heavy atom. The third-order valence-electron chi connectivity index (χ3n) is 12.9. The molecule has 4 aliphatic carbocycles. The number of alkyl halides is 1. The number of hydrogen-bond acceptors (Lipinski definition) is 5. The summed E-state index contributed by atoms with van der Waals surface area (Å²) in [5, 5.41) is 21.2. The summed E-state index contributed by atoms with van der Waals surface area (Å²) in [5.41, 5.74) is 2.78. The second-order valence-corrected chi connectivity index (χ2v) is 15.8. The topological polar surface area (TPSA) is 79.2 Å². The summed E-state index contributed by atoms with van der Waals surface area (Å²) >= 11 is 0. The van der Waals surface area contributed by atoms with E-state index in [1.54, 1.807) is 20.3 Å². The number of ether oxygens (including phenoxy) is 2. The summed E-state index contributed by atoms with van der Waals surface area (Å²) < 4.78 is 27.0. The lowest BCUT2D eigenvalue weighted by Crippen LogP contribution is -2.51. The first-order valence-corrected chi connectivity index (χ1v) is 18.8. The molecule has 6 nitrogen and oxygen atoms in total. The van der Waals surface area contributed by atoms with Gasteiger partial charge in [-0.1, -0.05) is 57.6 Å². The molecule has 2 aromatic rings. The fraction of sp³-hybridized carbons (Fsp3) is 0.683.